The molecule has 2 aromatic rings. The van der Waals surface area contributed by atoms with E-state index in [1.807, 2.05) is 6.20 Å². The quantitative estimate of drug-likeness (QED) is 0.790. The molecule has 2 heterocycles. The Balaban J connectivity index is 1.55. The van der Waals surface area contributed by atoms with E-state index in [0.29, 0.717) is 0 Å². The second kappa shape index (κ2) is 6.13. The van der Waals surface area contributed by atoms with Crippen molar-refractivity contribution in [3.63, 3.8) is 0 Å². The second-order valence-electron chi connectivity index (χ2n) is 4.94. The first-order valence-corrected chi connectivity index (χ1v) is 7.61. The van der Waals surface area contributed by atoms with Crippen molar-refractivity contribution in [3.8, 4) is 0 Å². The molecule has 19 heavy (non-hydrogen) atoms. The molecule has 1 aliphatic rings. The molecule has 2 nitrogen and oxygen atoms in total. The van der Waals surface area contributed by atoms with Crippen molar-refractivity contribution < 1.29 is 0 Å². The summed E-state index contributed by atoms with van der Waals surface area (Å²) in [6.45, 7) is 3.28. The summed E-state index contributed by atoms with van der Waals surface area (Å²) in [6.07, 6.45) is 6.49. The minimum absolute atomic E-state index is 1.04. The van der Waals surface area contributed by atoms with E-state index in [0.717, 1.165) is 26.1 Å². The summed E-state index contributed by atoms with van der Waals surface area (Å²) in [5.41, 5.74) is 2.94. The van der Waals surface area contributed by atoms with E-state index in [4.69, 9.17) is 0 Å². The van der Waals surface area contributed by atoms with Gasteiger partial charge < -0.3 is 0 Å². The highest BCUT2D eigenvalue weighted by Gasteiger charge is 2.12. The van der Waals surface area contributed by atoms with E-state index in [9.17, 15) is 0 Å². The summed E-state index contributed by atoms with van der Waals surface area (Å²) < 4.78 is 0. The smallest absolute Gasteiger partial charge is 0.0965 e. The summed E-state index contributed by atoms with van der Waals surface area (Å²) >= 11 is 1.75. The number of hydrogen-bond donors (Lipinski definition) is 0. The zero-order valence-corrected chi connectivity index (χ0v) is 11.8. The van der Waals surface area contributed by atoms with Crippen molar-refractivity contribution in [1.82, 2.24) is 9.88 Å². The summed E-state index contributed by atoms with van der Waals surface area (Å²) in [7, 11) is 0. The molecule has 0 unspecified atom stereocenters. The third-order valence-corrected chi connectivity index (χ3v) is 4.28. The molecule has 1 aliphatic heterocycles. The zero-order chi connectivity index (χ0) is 12.9. The normalized spacial score (nSPS) is 16.3. The molecule has 0 atom stereocenters. The molecule has 0 radical (unpaired) electrons. The maximum Gasteiger partial charge on any atom is 0.0965 e. The largest absolute Gasteiger partial charge is 0.295 e. The lowest BCUT2D eigenvalue weighted by Crippen LogP contribution is -2.28. The molecule has 0 N–H and O–H groups in total. The molecule has 0 saturated heterocycles. The van der Waals surface area contributed by atoms with E-state index in [1.165, 1.54) is 17.0 Å². The molecule has 1 aromatic carbocycles. The SMILES string of the molecule is C1=C(Cc2nccs2)CCN(Cc2ccccc2)C1. The number of thiazole rings is 1. The number of rotatable bonds is 4. The summed E-state index contributed by atoms with van der Waals surface area (Å²) in [5.74, 6) is 0. The molecule has 0 aliphatic carbocycles. The van der Waals surface area contributed by atoms with Gasteiger partial charge in [0.2, 0.25) is 0 Å². The van der Waals surface area contributed by atoms with Crippen molar-refractivity contribution in [3.05, 3.63) is 64.1 Å². The maximum atomic E-state index is 4.36. The van der Waals surface area contributed by atoms with Gasteiger partial charge in [-0.2, -0.15) is 0 Å². The van der Waals surface area contributed by atoms with Crippen LogP contribution in [-0.4, -0.2) is 23.0 Å². The molecule has 0 saturated carbocycles. The highest BCUT2D eigenvalue weighted by atomic mass is 32.1. The average Bonchev–Trinajstić information content (AvgIpc) is 2.95. The van der Waals surface area contributed by atoms with Gasteiger partial charge in [-0.3, -0.25) is 4.90 Å². The lowest BCUT2D eigenvalue weighted by molar-refractivity contribution is 0.285. The molecule has 1 aromatic heterocycles. The third kappa shape index (κ3) is 3.52. The third-order valence-electron chi connectivity index (χ3n) is 3.50. The van der Waals surface area contributed by atoms with E-state index in [2.05, 4.69) is 51.7 Å². The van der Waals surface area contributed by atoms with Crippen LogP contribution < -0.4 is 0 Å². The maximum absolute atomic E-state index is 4.36. The Hall–Kier alpha value is -1.45. The summed E-state index contributed by atoms with van der Waals surface area (Å²) in [6, 6.07) is 10.7. The van der Waals surface area contributed by atoms with Crippen LogP contribution in [0.25, 0.3) is 0 Å². The van der Waals surface area contributed by atoms with Gasteiger partial charge in [0, 0.05) is 37.6 Å². The van der Waals surface area contributed by atoms with Crippen LogP contribution in [0, 0.1) is 0 Å². The Morgan fingerprint density at radius 3 is 2.79 bits per heavy atom. The van der Waals surface area contributed by atoms with E-state index in [-0.39, 0.29) is 0 Å². The minimum atomic E-state index is 1.04. The van der Waals surface area contributed by atoms with Gasteiger partial charge in [-0.1, -0.05) is 42.0 Å². The van der Waals surface area contributed by atoms with Crippen LogP contribution in [0.5, 0.6) is 0 Å². The molecular formula is C16H18N2S. The van der Waals surface area contributed by atoms with Crippen LogP contribution in [0.2, 0.25) is 0 Å². The highest BCUT2D eigenvalue weighted by Crippen LogP contribution is 2.18. The molecule has 98 valence electrons. The summed E-state index contributed by atoms with van der Waals surface area (Å²) in [5, 5.41) is 3.29. The Bertz CT molecular complexity index is 531. The van der Waals surface area contributed by atoms with Crippen LogP contribution in [0.1, 0.15) is 17.0 Å². The van der Waals surface area contributed by atoms with Gasteiger partial charge in [-0.05, 0) is 12.0 Å². The molecular weight excluding hydrogens is 252 g/mol. The van der Waals surface area contributed by atoms with E-state index < -0.39 is 0 Å². The predicted octanol–water partition coefficient (Wildman–Crippen LogP) is 3.52. The van der Waals surface area contributed by atoms with E-state index in [1.54, 1.807) is 16.9 Å². The molecule has 3 heteroatoms. The fraction of sp³-hybridized carbons (Fsp3) is 0.312. The first-order chi connectivity index (χ1) is 9.40. The van der Waals surface area contributed by atoms with Gasteiger partial charge in [-0.15, -0.1) is 11.3 Å². The highest BCUT2D eigenvalue weighted by molar-refractivity contribution is 7.09. The van der Waals surface area contributed by atoms with Gasteiger partial charge in [0.1, 0.15) is 0 Å². The van der Waals surface area contributed by atoms with Gasteiger partial charge in [0.05, 0.1) is 5.01 Å². The first kappa shape index (κ1) is 12.6. The van der Waals surface area contributed by atoms with Crippen molar-refractivity contribution in [2.24, 2.45) is 0 Å². The van der Waals surface area contributed by atoms with Crippen LogP contribution in [-0.2, 0) is 13.0 Å². The zero-order valence-electron chi connectivity index (χ0n) is 11.0. The van der Waals surface area contributed by atoms with Crippen LogP contribution in [0.15, 0.2) is 53.6 Å². The van der Waals surface area contributed by atoms with Crippen molar-refractivity contribution >= 4 is 11.3 Å². The van der Waals surface area contributed by atoms with Gasteiger partial charge in [0.25, 0.3) is 0 Å². The predicted molar refractivity (Wildman–Crippen MR) is 80.2 cm³/mol. The average molecular weight is 270 g/mol. The molecule has 0 bridgehead atoms. The number of benzene rings is 1. The number of hydrogen-bond acceptors (Lipinski definition) is 3. The topological polar surface area (TPSA) is 16.1 Å². The Morgan fingerprint density at radius 2 is 2.11 bits per heavy atom. The monoisotopic (exact) mass is 270 g/mol. The second-order valence-corrected chi connectivity index (χ2v) is 5.91. The van der Waals surface area contributed by atoms with Crippen molar-refractivity contribution in [2.75, 3.05) is 13.1 Å². The van der Waals surface area contributed by atoms with Gasteiger partial charge in [0.15, 0.2) is 0 Å². The molecule has 0 fully saturated rings. The van der Waals surface area contributed by atoms with Gasteiger partial charge >= 0.3 is 0 Å². The minimum Gasteiger partial charge on any atom is -0.295 e. The Morgan fingerprint density at radius 1 is 1.21 bits per heavy atom. The first-order valence-electron chi connectivity index (χ1n) is 6.73. The fourth-order valence-corrected chi connectivity index (χ4v) is 3.10. The molecule has 3 rings (SSSR count). The Kier molecular flexibility index (Phi) is 4.06. The van der Waals surface area contributed by atoms with E-state index >= 15 is 0 Å². The van der Waals surface area contributed by atoms with Crippen molar-refractivity contribution in [2.45, 2.75) is 19.4 Å². The van der Waals surface area contributed by atoms with Crippen molar-refractivity contribution in [1.29, 1.82) is 0 Å². The molecule has 0 amide bonds. The Labute approximate surface area is 118 Å². The number of aromatic nitrogens is 1. The lowest BCUT2D eigenvalue weighted by Gasteiger charge is -2.26. The fourth-order valence-electron chi connectivity index (χ4n) is 2.43. The van der Waals surface area contributed by atoms with Gasteiger partial charge in [-0.25, -0.2) is 4.98 Å². The van der Waals surface area contributed by atoms with Crippen LogP contribution in [0.3, 0.4) is 0 Å². The standard InChI is InChI=1S/C16H18N2S/c1-2-4-15(5-3-1)13-18-9-6-14(7-10-18)12-16-17-8-11-19-16/h1-6,8,11H,7,9-10,12-13H2. The molecule has 0 spiro atoms. The van der Waals surface area contributed by atoms with Crippen LogP contribution >= 0.6 is 11.3 Å². The lowest BCUT2D eigenvalue weighted by atomic mass is 10.0. The number of nitrogens with zero attached hydrogens (tertiary/aromatic N) is 2. The van der Waals surface area contributed by atoms with Crippen LogP contribution in [0.4, 0.5) is 0 Å². The summed E-state index contributed by atoms with van der Waals surface area (Å²) in [4.78, 5) is 6.86.